The predicted molar refractivity (Wildman–Crippen MR) is 118 cm³/mol. The third-order valence-electron chi connectivity index (χ3n) is 4.78. The number of hydrogen-bond acceptors (Lipinski definition) is 3. The molecule has 30 heavy (non-hydrogen) atoms. The van der Waals surface area contributed by atoms with E-state index in [2.05, 4.69) is 0 Å². The number of thiophene rings is 1. The average molecular weight is 425 g/mol. The van der Waals surface area contributed by atoms with Gasteiger partial charge < -0.3 is 9.80 Å². The second kappa shape index (κ2) is 10.2. The van der Waals surface area contributed by atoms with Gasteiger partial charge in [-0.1, -0.05) is 36.4 Å². The molecule has 0 atom stereocenters. The molecule has 0 radical (unpaired) electrons. The molecule has 0 N–H and O–H groups in total. The summed E-state index contributed by atoms with van der Waals surface area (Å²) in [5.74, 6) is -0.811. The molecule has 0 aliphatic rings. The molecule has 3 aromatic rings. The number of halogens is 1. The van der Waals surface area contributed by atoms with E-state index in [9.17, 15) is 14.0 Å². The van der Waals surface area contributed by atoms with Crippen molar-refractivity contribution in [3.8, 4) is 0 Å². The summed E-state index contributed by atoms with van der Waals surface area (Å²) in [6, 6.07) is 19.0. The van der Waals surface area contributed by atoms with Crippen molar-refractivity contribution in [2.75, 3.05) is 6.54 Å². The van der Waals surface area contributed by atoms with Crippen molar-refractivity contribution in [3.63, 3.8) is 0 Å². The van der Waals surface area contributed by atoms with Crippen molar-refractivity contribution in [3.05, 3.63) is 93.9 Å². The van der Waals surface area contributed by atoms with Crippen molar-refractivity contribution in [1.29, 1.82) is 0 Å². The Morgan fingerprint density at radius 2 is 1.63 bits per heavy atom. The van der Waals surface area contributed by atoms with Crippen molar-refractivity contribution in [1.82, 2.24) is 9.80 Å². The zero-order valence-corrected chi connectivity index (χ0v) is 17.9. The fraction of sp³-hybridized carbons (Fsp3) is 0.250. The highest BCUT2D eigenvalue weighted by Crippen LogP contribution is 2.16. The standard InChI is InChI=1S/C24H25FN2O2S/c1-18(2)27(24(29)20-10-12-21(25)13-11-20)17-23(28)26(16-22-9-6-14-30-22)15-19-7-4-3-5-8-19/h3-14,18H,15-17H2,1-2H3. The summed E-state index contributed by atoms with van der Waals surface area (Å²) >= 11 is 1.60. The average Bonchev–Trinajstić information content (AvgIpc) is 3.25. The van der Waals surface area contributed by atoms with E-state index < -0.39 is 5.82 Å². The molecule has 0 unspecified atom stereocenters. The minimum Gasteiger partial charge on any atom is -0.332 e. The Morgan fingerprint density at radius 3 is 2.23 bits per heavy atom. The smallest absolute Gasteiger partial charge is 0.254 e. The Labute approximate surface area is 180 Å². The first-order valence-corrected chi connectivity index (χ1v) is 10.7. The van der Waals surface area contributed by atoms with Gasteiger partial charge in [0.2, 0.25) is 5.91 Å². The number of nitrogens with zero attached hydrogens (tertiary/aromatic N) is 2. The number of carbonyl (C=O) groups is 2. The van der Waals surface area contributed by atoms with Gasteiger partial charge in [0.15, 0.2) is 0 Å². The van der Waals surface area contributed by atoms with E-state index in [4.69, 9.17) is 0 Å². The Bertz CT molecular complexity index is 957. The van der Waals surface area contributed by atoms with E-state index in [1.807, 2.05) is 61.7 Å². The van der Waals surface area contributed by atoms with Crippen LogP contribution in [0.4, 0.5) is 4.39 Å². The van der Waals surface area contributed by atoms with Crippen LogP contribution >= 0.6 is 11.3 Å². The molecule has 0 saturated carbocycles. The fourth-order valence-electron chi connectivity index (χ4n) is 3.12. The monoisotopic (exact) mass is 424 g/mol. The minimum absolute atomic E-state index is 0.0356. The number of hydrogen-bond donors (Lipinski definition) is 0. The minimum atomic E-state index is -0.399. The number of amides is 2. The molecule has 0 fully saturated rings. The van der Waals surface area contributed by atoms with Crippen LogP contribution in [0.5, 0.6) is 0 Å². The van der Waals surface area contributed by atoms with E-state index in [0.717, 1.165) is 10.4 Å². The van der Waals surface area contributed by atoms with E-state index >= 15 is 0 Å². The van der Waals surface area contributed by atoms with Gasteiger partial charge in [0, 0.05) is 23.0 Å². The quantitative estimate of drug-likeness (QED) is 0.512. The molecule has 1 heterocycles. The van der Waals surface area contributed by atoms with Crippen molar-refractivity contribution >= 4 is 23.2 Å². The molecule has 0 aliphatic carbocycles. The third-order valence-corrected chi connectivity index (χ3v) is 5.64. The molecule has 0 aliphatic heterocycles. The molecule has 0 bridgehead atoms. The van der Waals surface area contributed by atoms with E-state index in [-0.39, 0.29) is 24.4 Å². The van der Waals surface area contributed by atoms with Gasteiger partial charge in [-0.25, -0.2) is 4.39 Å². The second-order valence-corrected chi connectivity index (χ2v) is 8.38. The lowest BCUT2D eigenvalue weighted by Crippen LogP contribution is -2.45. The van der Waals surface area contributed by atoms with Gasteiger partial charge in [0.05, 0.1) is 6.54 Å². The zero-order chi connectivity index (χ0) is 21.5. The van der Waals surface area contributed by atoms with Crippen LogP contribution in [0, 0.1) is 5.82 Å². The van der Waals surface area contributed by atoms with Crippen LogP contribution in [0.1, 0.15) is 34.6 Å². The van der Waals surface area contributed by atoms with Crippen LogP contribution in [0.15, 0.2) is 72.1 Å². The Kier molecular flexibility index (Phi) is 7.36. The predicted octanol–water partition coefficient (Wildman–Crippen LogP) is 4.97. The van der Waals surface area contributed by atoms with Gasteiger partial charge in [-0.05, 0) is 55.1 Å². The molecule has 2 aromatic carbocycles. The summed E-state index contributed by atoms with van der Waals surface area (Å²) in [5.41, 5.74) is 1.40. The molecule has 6 heteroatoms. The van der Waals surface area contributed by atoms with Gasteiger partial charge >= 0.3 is 0 Å². The summed E-state index contributed by atoms with van der Waals surface area (Å²) in [7, 11) is 0. The van der Waals surface area contributed by atoms with Gasteiger partial charge in [-0.3, -0.25) is 9.59 Å². The molecule has 2 amide bonds. The highest BCUT2D eigenvalue weighted by Gasteiger charge is 2.25. The molecule has 0 saturated heterocycles. The first-order chi connectivity index (χ1) is 14.4. The van der Waals surface area contributed by atoms with Crippen LogP contribution in [0.25, 0.3) is 0 Å². The van der Waals surface area contributed by atoms with Crippen LogP contribution in [-0.4, -0.2) is 34.2 Å². The van der Waals surface area contributed by atoms with Gasteiger partial charge in [-0.2, -0.15) is 0 Å². The second-order valence-electron chi connectivity index (χ2n) is 7.35. The summed E-state index contributed by atoms with van der Waals surface area (Å²) in [5, 5.41) is 1.99. The van der Waals surface area contributed by atoms with Crippen LogP contribution < -0.4 is 0 Å². The molecular formula is C24H25FN2O2S. The molecule has 1 aromatic heterocycles. The topological polar surface area (TPSA) is 40.6 Å². The summed E-state index contributed by atoms with van der Waals surface area (Å²) in [4.78, 5) is 30.6. The zero-order valence-electron chi connectivity index (χ0n) is 17.1. The number of carbonyl (C=O) groups excluding carboxylic acids is 2. The van der Waals surface area contributed by atoms with Gasteiger partial charge in [0.1, 0.15) is 12.4 Å². The van der Waals surface area contributed by atoms with E-state index in [1.165, 1.54) is 29.2 Å². The van der Waals surface area contributed by atoms with Crippen LogP contribution in [-0.2, 0) is 17.9 Å². The SMILES string of the molecule is CC(C)N(CC(=O)N(Cc1ccccc1)Cc1cccs1)C(=O)c1ccc(F)cc1. The molecule has 156 valence electrons. The lowest BCUT2D eigenvalue weighted by Gasteiger charge is -2.30. The molecule has 0 spiro atoms. The van der Waals surface area contributed by atoms with Crippen LogP contribution in [0.3, 0.4) is 0 Å². The lowest BCUT2D eigenvalue weighted by atomic mass is 10.1. The van der Waals surface area contributed by atoms with Crippen molar-refractivity contribution < 1.29 is 14.0 Å². The van der Waals surface area contributed by atoms with Crippen LogP contribution in [0.2, 0.25) is 0 Å². The highest BCUT2D eigenvalue weighted by molar-refractivity contribution is 7.09. The first kappa shape index (κ1) is 21.7. The normalized spacial score (nSPS) is 10.8. The summed E-state index contributed by atoms with van der Waals surface area (Å²) < 4.78 is 13.2. The first-order valence-electron chi connectivity index (χ1n) is 9.84. The van der Waals surface area contributed by atoms with Gasteiger partial charge in [0.25, 0.3) is 5.91 Å². The van der Waals surface area contributed by atoms with Crippen molar-refractivity contribution in [2.45, 2.75) is 33.0 Å². The maximum atomic E-state index is 13.3. The number of rotatable bonds is 8. The van der Waals surface area contributed by atoms with Crippen molar-refractivity contribution in [2.24, 2.45) is 0 Å². The highest BCUT2D eigenvalue weighted by atomic mass is 32.1. The Morgan fingerprint density at radius 1 is 0.933 bits per heavy atom. The third kappa shape index (κ3) is 5.76. The lowest BCUT2D eigenvalue weighted by molar-refractivity contribution is -0.133. The Hall–Kier alpha value is -2.99. The van der Waals surface area contributed by atoms with E-state index in [1.54, 1.807) is 16.2 Å². The Balaban J connectivity index is 1.78. The maximum absolute atomic E-state index is 13.3. The van der Waals surface area contributed by atoms with E-state index in [0.29, 0.717) is 18.7 Å². The van der Waals surface area contributed by atoms with Gasteiger partial charge in [-0.15, -0.1) is 11.3 Å². The fourth-order valence-corrected chi connectivity index (χ4v) is 3.84. The maximum Gasteiger partial charge on any atom is 0.254 e. The summed E-state index contributed by atoms with van der Waals surface area (Å²) in [6.07, 6.45) is 0. The molecular weight excluding hydrogens is 399 g/mol. The number of benzene rings is 2. The molecule has 3 rings (SSSR count). The largest absolute Gasteiger partial charge is 0.332 e. The summed E-state index contributed by atoms with van der Waals surface area (Å²) in [6.45, 7) is 4.66. The molecule has 4 nitrogen and oxygen atoms in total.